The van der Waals surface area contributed by atoms with Gasteiger partial charge in [0.15, 0.2) is 0 Å². The number of likely N-dealkylation sites (tertiary alicyclic amines) is 1. The number of benzene rings is 2. The van der Waals surface area contributed by atoms with Crippen LogP contribution in [-0.4, -0.2) is 73.6 Å². The summed E-state index contributed by atoms with van der Waals surface area (Å²) in [6, 6.07) is 11.8. The maximum atomic E-state index is 12.8. The molecule has 4 rings (SSSR count). The van der Waals surface area contributed by atoms with Gasteiger partial charge in [0.25, 0.3) is 5.91 Å². The standard InChI is InChI=1S/C26H34ClN5O2/c1-31(10-7-18-17-29-24-6-4-3-5-20(18)24)13-14-32-11-8-19(9-12-32)30-26(33)21-15-22(27)23(28)16-25(21)34-2/h3-6,15-17,19,29H,7-14,28H2,1-2H3,(H,30,33). The van der Waals surface area contributed by atoms with E-state index in [2.05, 4.69) is 57.6 Å². The molecule has 0 bridgehead atoms. The number of carbonyl (C=O) groups excluding carboxylic acids is 1. The average molecular weight is 484 g/mol. The molecule has 8 heteroatoms. The number of fused-ring (bicyclic) bond motifs is 1. The van der Waals surface area contributed by atoms with Gasteiger partial charge in [-0.1, -0.05) is 29.8 Å². The number of anilines is 1. The fraction of sp³-hybridized carbons (Fsp3) is 0.423. The van der Waals surface area contributed by atoms with Crippen LogP contribution in [0.25, 0.3) is 10.9 Å². The number of methoxy groups -OCH3 is 1. The Morgan fingerprint density at radius 3 is 2.79 bits per heavy atom. The zero-order valence-electron chi connectivity index (χ0n) is 19.9. The second-order valence-corrected chi connectivity index (χ2v) is 9.48. The van der Waals surface area contributed by atoms with Gasteiger partial charge < -0.3 is 30.6 Å². The monoisotopic (exact) mass is 483 g/mol. The number of nitrogens with one attached hydrogen (secondary N) is 2. The SMILES string of the molecule is COc1cc(N)c(Cl)cc1C(=O)NC1CCN(CCN(C)CCc2c[nH]c3ccccc23)CC1. The highest BCUT2D eigenvalue weighted by molar-refractivity contribution is 6.33. The first kappa shape index (κ1) is 24.4. The third kappa shape index (κ3) is 5.84. The second-order valence-electron chi connectivity index (χ2n) is 9.08. The molecule has 1 aliphatic heterocycles. The van der Waals surface area contributed by atoms with Gasteiger partial charge in [-0.2, -0.15) is 0 Å². The van der Waals surface area contributed by atoms with E-state index in [0.29, 0.717) is 22.0 Å². The Balaban J connectivity index is 1.19. The van der Waals surface area contributed by atoms with Crippen LogP contribution in [0.4, 0.5) is 5.69 Å². The van der Waals surface area contributed by atoms with E-state index < -0.39 is 0 Å². The van der Waals surface area contributed by atoms with Crippen molar-refractivity contribution in [2.24, 2.45) is 0 Å². The number of aromatic amines is 1. The van der Waals surface area contributed by atoms with Crippen LogP contribution >= 0.6 is 11.6 Å². The van der Waals surface area contributed by atoms with Crippen LogP contribution in [-0.2, 0) is 6.42 Å². The van der Waals surface area contributed by atoms with E-state index in [1.54, 1.807) is 12.1 Å². The van der Waals surface area contributed by atoms with Gasteiger partial charge in [-0.15, -0.1) is 0 Å². The van der Waals surface area contributed by atoms with Gasteiger partial charge >= 0.3 is 0 Å². The molecule has 1 aromatic heterocycles. The first-order valence-corrected chi connectivity index (χ1v) is 12.2. The molecule has 0 aliphatic carbocycles. The number of halogens is 1. The highest BCUT2D eigenvalue weighted by Crippen LogP contribution is 2.29. The van der Waals surface area contributed by atoms with Crippen molar-refractivity contribution in [1.29, 1.82) is 0 Å². The van der Waals surface area contributed by atoms with Crippen LogP contribution in [0.1, 0.15) is 28.8 Å². The number of H-pyrrole nitrogens is 1. The van der Waals surface area contributed by atoms with Crippen LogP contribution in [0.5, 0.6) is 5.75 Å². The highest BCUT2D eigenvalue weighted by atomic mass is 35.5. The summed E-state index contributed by atoms with van der Waals surface area (Å²) in [5.74, 6) is 0.265. The van der Waals surface area contributed by atoms with E-state index in [9.17, 15) is 4.79 Å². The van der Waals surface area contributed by atoms with Crippen molar-refractivity contribution < 1.29 is 9.53 Å². The molecular weight excluding hydrogens is 450 g/mol. The van der Waals surface area contributed by atoms with E-state index in [-0.39, 0.29) is 11.9 Å². The molecule has 182 valence electrons. The van der Waals surface area contributed by atoms with Crippen LogP contribution in [0, 0.1) is 0 Å². The summed E-state index contributed by atoms with van der Waals surface area (Å²) in [7, 11) is 3.71. The van der Waals surface area contributed by atoms with Gasteiger partial charge in [-0.3, -0.25) is 4.79 Å². The van der Waals surface area contributed by atoms with Gasteiger partial charge in [-0.25, -0.2) is 0 Å². The number of likely N-dealkylation sites (N-methyl/N-ethyl adjacent to an activating group) is 1. The number of hydrogen-bond acceptors (Lipinski definition) is 5. The Bertz CT molecular complexity index is 1120. The molecule has 0 unspecified atom stereocenters. The summed E-state index contributed by atoms with van der Waals surface area (Å²) in [6.45, 7) is 5.04. The average Bonchev–Trinajstić information content (AvgIpc) is 3.26. The van der Waals surface area contributed by atoms with Crippen molar-refractivity contribution in [2.45, 2.75) is 25.3 Å². The lowest BCUT2D eigenvalue weighted by atomic mass is 10.0. The lowest BCUT2D eigenvalue weighted by molar-refractivity contribution is 0.0905. The minimum absolute atomic E-state index is 0.143. The number of rotatable bonds is 9. The highest BCUT2D eigenvalue weighted by Gasteiger charge is 2.23. The van der Waals surface area contributed by atoms with Gasteiger partial charge in [0.1, 0.15) is 5.75 Å². The second kappa shape index (κ2) is 11.1. The largest absolute Gasteiger partial charge is 0.496 e. The molecule has 1 aliphatic rings. The van der Waals surface area contributed by atoms with E-state index in [1.807, 2.05) is 0 Å². The molecule has 3 aromatic rings. The van der Waals surface area contributed by atoms with Crippen molar-refractivity contribution in [3.63, 3.8) is 0 Å². The quantitative estimate of drug-likeness (QED) is 0.403. The smallest absolute Gasteiger partial charge is 0.255 e. The molecule has 34 heavy (non-hydrogen) atoms. The molecule has 1 amide bonds. The summed E-state index contributed by atoms with van der Waals surface area (Å²) in [5.41, 5.74) is 9.22. The summed E-state index contributed by atoms with van der Waals surface area (Å²) in [6.07, 6.45) is 5.02. The minimum Gasteiger partial charge on any atom is -0.496 e. The van der Waals surface area contributed by atoms with Crippen LogP contribution in [0.15, 0.2) is 42.6 Å². The molecule has 0 atom stereocenters. The minimum atomic E-state index is -0.172. The van der Waals surface area contributed by atoms with Crippen molar-refractivity contribution >= 4 is 34.1 Å². The molecular formula is C26H34ClN5O2. The normalized spacial score (nSPS) is 15.2. The van der Waals surface area contributed by atoms with E-state index in [4.69, 9.17) is 22.1 Å². The number of ether oxygens (including phenoxy) is 1. The fourth-order valence-electron chi connectivity index (χ4n) is 4.55. The molecule has 7 nitrogen and oxygen atoms in total. The molecule has 2 heterocycles. The zero-order chi connectivity index (χ0) is 24.1. The number of piperidine rings is 1. The summed E-state index contributed by atoms with van der Waals surface area (Å²) in [4.78, 5) is 21.0. The maximum absolute atomic E-state index is 12.8. The maximum Gasteiger partial charge on any atom is 0.255 e. The molecule has 0 spiro atoms. The van der Waals surface area contributed by atoms with Crippen molar-refractivity contribution in [2.75, 3.05) is 52.6 Å². The third-order valence-corrected chi connectivity index (χ3v) is 7.05. The molecule has 4 N–H and O–H groups in total. The Kier molecular flexibility index (Phi) is 7.98. The Hall–Kier alpha value is -2.74. The van der Waals surface area contributed by atoms with Crippen molar-refractivity contribution in [3.05, 3.63) is 58.7 Å². The lowest BCUT2D eigenvalue weighted by Crippen LogP contribution is -2.46. The molecule has 1 saturated heterocycles. The van der Waals surface area contributed by atoms with Crippen LogP contribution < -0.4 is 15.8 Å². The lowest BCUT2D eigenvalue weighted by Gasteiger charge is -2.33. The number of aromatic nitrogens is 1. The summed E-state index contributed by atoms with van der Waals surface area (Å²) in [5, 5.41) is 4.81. The van der Waals surface area contributed by atoms with Crippen molar-refractivity contribution in [3.8, 4) is 5.75 Å². The number of carbonyl (C=O) groups is 1. The van der Waals surface area contributed by atoms with E-state index >= 15 is 0 Å². The summed E-state index contributed by atoms with van der Waals surface area (Å²) >= 11 is 6.11. The number of hydrogen-bond donors (Lipinski definition) is 3. The number of amides is 1. The Morgan fingerprint density at radius 1 is 1.26 bits per heavy atom. The predicted molar refractivity (Wildman–Crippen MR) is 139 cm³/mol. The first-order chi connectivity index (χ1) is 16.4. The Morgan fingerprint density at radius 2 is 2.03 bits per heavy atom. The molecule has 0 radical (unpaired) electrons. The molecule has 1 fully saturated rings. The van der Waals surface area contributed by atoms with E-state index in [0.717, 1.165) is 52.0 Å². The molecule has 2 aromatic carbocycles. The Labute approximate surface area is 206 Å². The number of nitrogens with two attached hydrogens (primary N) is 1. The number of nitrogen functional groups attached to an aromatic ring is 1. The first-order valence-electron chi connectivity index (χ1n) is 11.8. The van der Waals surface area contributed by atoms with Gasteiger partial charge in [0, 0.05) is 61.9 Å². The molecule has 0 saturated carbocycles. The predicted octanol–water partition coefficient (Wildman–Crippen LogP) is 3.78. The topological polar surface area (TPSA) is 86.6 Å². The van der Waals surface area contributed by atoms with Crippen molar-refractivity contribution in [1.82, 2.24) is 20.1 Å². The zero-order valence-corrected chi connectivity index (χ0v) is 20.7. The number of nitrogens with zero attached hydrogens (tertiary/aromatic N) is 2. The van der Waals surface area contributed by atoms with E-state index in [1.165, 1.54) is 23.6 Å². The number of para-hydroxylation sites is 1. The third-order valence-electron chi connectivity index (χ3n) is 6.72. The van der Waals surface area contributed by atoms with Crippen LogP contribution in [0.3, 0.4) is 0 Å². The van der Waals surface area contributed by atoms with Gasteiger partial charge in [0.2, 0.25) is 0 Å². The summed E-state index contributed by atoms with van der Waals surface area (Å²) < 4.78 is 5.31. The van der Waals surface area contributed by atoms with Crippen LogP contribution in [0.2, 0.25) is 5.02 Å². The fourth-order valence-corrected chi connectivity index (χ4v) is 4.72. The van der Waals surface area contributed by atoms with Gasteiger partial charge in [-0.05, 0) is 44.0 Å². The van der Waals surface area contributed by atoms with Gasteiger partial charge in [0.05, 0.1) is 23.4 Å².